The number of hydrogen-bond acceptors (Lipinski definition) is 2. The topological polar surface area (TPSA) is 32.3 Å². The lowest BCUT2D eigenvalue weighted by atomic mass is 9.98. The van der Waals surface area contributed by atoms with Gasteiger partial charge in [-0.25, -0.2) is 0 Å². The minimum Gasteiger partial charge on any atom is -0.508 e. The van der Waals surface area contributed by atoms with Crippen LogP contribution in [0.25, 0.3) is 0 Å². The molecule has 1 aromatic rings. The molecule has 0 radical (unpaired) electrons. The first-order valence-electron chi connectivity index (χ1n) is 7.19. The molecule has 0 heterocycles. The van der Waals surface area contributed by atoms with Gasteiger partial charge in [0.15, 0.2) is 0 Å². The second-order valence-electron chi connectivity index (χ2n) is 5.77. The summed E-state index contributed by atoms with van der Waals surface area (Å²) in [4.78, 5) is 0. The third-order valence-corrected chi connectivity index (χ3v) is 4.13. The molecule has 18 heavy (non-hydrogen) atoms. The van der Waals surface area contributed by atoms with Crippen LogP contribution in [0.15, 0.2) is 24.3 Å². The SMILES string of the molecule is CC(Cc1ccc(O)cc1)N[C@H](C)C1CCCC1. The van der Waals surface area contributed by atoms with Crippen molar-refractivity contribution in [1.29, 1.82) is 0 Å². The molecule has 1 aliphatic carbocycles. The summed E-state index contributed by atoms with van der Waals surface area (Å²) in [7, 11) is 0. The van der Waals surface area contributed by atoms with Gasteiger partial charge in [0.05, 0.1) is 0 Å². The molecule has 0 spiro atoms. The summed E-state index contributed by atoms with van der Waals surface area (Å²) in [5.74, 6) is 1.21. The zero-order valence-corrected chi connectivity index (χ0v) is 11.5. The van der Waals surface area contributed by atoms with Crippen molar-refractivity contribution in [2.24, 2.45) is 5.92 Å². The van der Waals surface area contributed by atoms with E-state index in [9.17, 15) is 5.11 Å². The summed E-state index contributed by atoms with van der Waals surface area (Å²) in [6, 6.07) is 8.66. The van der Waals surface area contributed by atoms with Crippen molar-refractivity contribution in [3.63, 3.8) is 0 Å². The summed E-state index contributed by atoms with van der Waals surface area (Å²) >= 11 is 0. The molecule has 0 saturated heterocycles. The molecule has 0 amide bonds. The monoisotopic (exact) mass is 247 g/mol. The first-order chi connectivity index (χ1) is 8.65. The van der Waals surface area contributed by atoms with E-state index in [-0.39, 0.29) is 0 Å². The lowest BCUT2D eigenvalue weighted by Crippen LogP contribution is -2.39. The standard InChI is InChI=1S/C16H25NO/c1-12(11-14-7-9-16(18)10-8-14)17-13(2)15-5-3-4-6-15/h7-10,12-13,15,17-18H,3-6,11H2,1-2H3/t12?,13-/m1/s1. The van der Waals surface area contributed by atoms with E-state index in [0.717, 1.165) is 12.3 Å². The molecule has 2 nitrogen and oxygen atoms in total. The van der Waals surface area contributed by atoms with Crippen molar-refractivity contribution in [1.82, 2.24) is 5.32 Å². The molecule has 1 unspecified atom stereocenters. The highest BCUT2D eigenvalue weighted by atomic mass is 16.3. The van der Waals surface area contributed by atoms with Crippen molar-refractivity contribution in [2.45, 2.75) is 58.0 Å². The second kappa shape index (κ2) is 6.24. The Balaban J connectivity index is 1.80. The van der Waals surface area contributed by atoms with Crippen LogP contribution in [0.2, 0.25) is 0 Å². The maximum Gasteiger partial charge on any atom is 0.115 e. The molecule has 2 N–H and O–H groups in total. The zero-order valence-electron chi connectivity index (χ0n) is 11.5. The third kappa shape index (κ3) is 3.74. The number of benzene rings is 1. The van der Waals surface area contributed by atoms with Crippen LogP contribution < -0.4 is 5.32 Å². The van der Waals surface area contributed by atoms with Gasteiger partial charge in [-0.05, 0) is 56.7 Å². The molecule has 2 rings (SSSR count). The highest BCUT2D eigenvalue weighted by molar-refractivity contribution is 5.26. The van der Waals surface area contributed by atoms with Crippen molar-refractivity contribution in [3.8, 4) is 5.75 Å². The van der Waals surface area contributed by atoms with Gasteiger partial charge in [-0.1, -0.05) is 25.0 Å². The first kappa shape index (κ1) is 13.4. The Morgan fingerprint density at radius 1 is 1.17 bits per heavy atom. The van der Waals surface area contributed by atoms with E-state index in [1.165, 1.54) is 31.2 Å². The van der Waals surface area contributed by atoms with Crippen LogP contribution in [0.3, 0.4) is 0 Å². The lowest BCUT2D eigenvalue weighted by Gasteiger charge is -2.25. The number of rotatable bonds is 5. The Hall–Kier alpha value is -1.02. The average Bonchev–Trinajstić information content (AvgIpc) is 2.85. The summed E-state index contributed by atoms with van der Waals surface area (Å²) in [5, 5.41) is 13.0. The van der Waals surface area contributed by atoms with Gasteiger partial charge in [0, 0.05) is 12.1 Å². The Morgan fingerprint density at radius 3 is 2.39 bits per heavy atom. The van der Waals surface area contributed by atoms with Crippen molar-refractivity contribution in [3.05, 3.63) is 29.8 Å². The minimum atomic E-state index is 0.346. The molecule has 0 aliphatic heterocycles. The van der Waals surface area contributed by atoms with Crippen LogP contribution >= 0.6 is 0 Å². The Labute approximate surface area is 110 Å². The fraction of sp³-hybridized carbons (Fsp3) is 0.625. The van der Waals surface area contributed by atoms with Gasteiger partial charge in [-0.2, -0.15) is 0 Å². The third-order valence-electron chi connectivity index (χ3n) is 4.13. The summed E-state index contributed by atoms with van der Waals surface area (Å²) in [5.41, 5.74) is 1.28. The Kier molecular flexibility index (Phi) is 4.65. The van der Waals surface area contributed by atoms with Crippen LogP contribution in [-0.2, 0) is 6.42 Å². The average molecular weight is 247 g/mol. The van der Waals surface area contributed by atoms with Crippen LogP contribution in [-0.4, -0.2) is 17.2 Å². The normalized spacial score (nSPS) is 19.9. The smallest absolute Gasteiger partial charge is 0.115 e. The van der Waals surface area contributed by atoms with Gasteiger partial charge in [0.2, 0.25) is 0 Å². The van der Waals surface area contributed by atoms with Crippen molar-refractivity contribution < 1.29 is 5.11 Å². The molecule has 1 aromatic carbocycles. The maximum atomic E-state index is 9.26. The fourth-order valence-corrected chi connectivity index (χ4v) is 3.09. The van der Waals surface area contributed by atoms with Crippen LogP contribution in [0.4, 0.5) is 0 Å². The van der Waals surface area contributed by atoms with Gasteiger partial charge in [0.25, 0.3) is 0 Å². The highest BCUT2D eigenvalue weighted by Crippen LogP contribution is 2.27. The Morgan fingerprint density at radius 2 is 1.78 bits per heavy atom. The van der Waals surface area contributed by atoms with Gasteiger partial charge in [-0.3, -0.25) is 0 Å². The van der Waals surface area contributed by atoms with E-state index < -0.39 is 0 Å². The highest BCUT2D eigenvalue weighted by Gasteiger charge is 2.22. The van der Waals surface area contributed by atoms with E-state index in [0.29, 0.717) is 17.8 Å². The minimum absolute atomic E-state index is 0.346. The van der Waals surface area contributed by atoms with E-state index in [4.69, 9.17) is 0 Å². The predicted octanol–water partition coefficient (Wildman–Crippen LogP) is 3.49. The largest absolute Gasteiger partial charge is 0.508 e. The van der Waals surface area contributed by atoms with E-state index in [2.05, 4.69) is 19.2 Å². The molecule has 1 saturated carbocycles. The molecule has 1 aliphatic rings. The number of aromatic hydroxyl groups is 1. The van der Waals surface area contributed by atoms with Crippen molar-refractivity contribution >= 4 is 0 Å². The summed E-state index contributed by atoms with van der Waals surface area (Å²) in [6.45, 7) is 4.57. The Bertz CT molecular complexity index is 354. The molecule has 2 heteroatoms. The van der Waals surface area contributed by atoms with E-state index >= 15 is 0 Å². The molecule has 100 valence electrons. The lowest BCUT2D eigenvalue weighted by molar-refractivity contribution is 0.348. The molecular weight excluding hydrogens is 222 g/mol. The second-order valence-corrected chi connectivity index (χ2v) is 5.77. The molecular formula is C16H25NO. The number of nitrogens with one attached hydrogen (secondary N) is 1. The van der Waals surface area contributed by atoms with Crippen LogP contribution in [0.5, 0.6) is 5.75 Å². The van der Waals surface area contributed by atoms with Crippen LogP contribution in [0, 0.1) is 5.92 Å². The van der Waals surface area contributed by atoms with Gasteiger partial charge >= 0.3 is 0 Å². The van der Waals surface area contributed by atoms with Gasteiger partial charge < -0.3 is 10.4 Å². The van der Waals surface area contributed by atoms with Gasteiger partial charge in [0.1, 0.15) is 5.75 Å². The van der Waals surface area contributed by atoms with Gasteiger partial charge in [-0.15, -0.1) is 0 Å². The van der Waals surface area contributed by atoms with Crippen LogP contribution in [0.1, 0.15) is 45.1 Å². The summed E-state index contributed by atoms with van der Waals surface area (Å²) in [6.07, 6.45) is 6.61. The molecule has 0 bridgehead atoms. The number of phenolic OH excluding ortho intramolecular Hbond substituents is 1. The fourth-order valence-electron chi connectivity index (χ4n) is 3.09. The van der Waals surface area contributed by atoms with E-state index in [1.807, 2.05) is 12.1 Å². The maximum absolute atomic E-state index is 9.26. The predicted molar refractivity (Wildman–Crippen MR) is 75.8 cm³/mol. The molecule has 0 aromatic heterocycles. The quantitative estimate of drug-likeness (QED) is 0.834. The zero-order chi connectivity index (χ0) is 13.0. The summed E-state index contributed by atoms with van der Waals surface area (Å²) < 4.78 is 0. The van der Waals surface area contributed by atoms with E-state index in [1.54, 1.807) is 12.1 Å². The number of phenols is 1. The first-order valence-corrected chi connectivity index (χ1v) is 7.19. The van der Waals surface area contributed by atoms with Crippen molar-refractivity contribution in [2.75, 3.05) is 0 Å². The molecule has 1 fully saturated rings. The number of hydrogen-bond donors (Lipinski definition) is 2. The molecule has 2 atom stereocenters.